The van der Waals surface area contributed by atoms with Crippen LogP contribution in [0.5, 0.6) is 0 Å². The quantitative estimate of drug-likeness (QED) is 0.694. The molecular formula is C15H26N2. The topological polar surface area (TPSA) is 38.0 Å². The molecule has 1 aromatic rings. The largest absolute Gasteiger partial charge is 0.399 e. The first kappa shape index (κ1) is 13.9. The van der Waals surface area contributed by atoms with Gasteiger partial charge in [-0.25, -0.2) is 0 Å². The zero-order valence-corrected chi connectivity index (χ0v) is 11.4. The van der Waals surface area contributed by atoms with Crippen LogP contribution in [0.2, 0.25) is 0 Å². The summed E-state index contributed by atoms with van der Waals surface area (Å²) in [6, 6.07) is 6.06. The summed E-state index contributed by atoms with van der Waals surface area (Å²) < 4.78 is 0. The summed E-state index contributed by atoms with van der Waals surface area (Å²) in [4.78, 5) is 0. The lowest BCUT2D eigenvalue weighted by atomic mass is 9.99. The van der Waals surface area contributed by atoms with Gasteiger partial charge in [-0.1, -0.05) is 39.2 Å². The smallest absolute Gasteiger partial charge is 0.0390 e. The zero-order chi connectivity index (χ0) is 12.7. The second-order valence-corrected chi connectivity index (χ2v) is 4.87. The van der Waals surface area contributed by atoms with Gasteiger partial charge in [-0.3, -0.25) is 0 Å². The van der Waals surface area contributed by atoms with Gasteiger partial charge in [0.1, 0.15) is 0 Å². The second-order valence-electron chi connectivity index (χ2n) is 4.87. The third kappa shape index (κ3) is 4.68. The van der Waals surface area contributed by atoms with Crippen molar-refractivity contribution < 1.29 is 0 Å². The van der Waals surface area contributed by atoms with E-state index < -0.39 is 0 Å². The third-order valence-electron chi connectivity index (χ3n) is 3.39. The van der Waals surface area contributed by atoms with Crippen LogP contribution in [0.3, 0.4) is 0 Å². The Balaban J connectivity index is 2.50. The lowest BCUT2D eigenvalue weighted by Gasteiger charge is -2.17. The lowest BCUT2D eigenvalue weighted by Crippen LogP contribution is -2.14. The Kier molecular flexibility index (Phi) is 5.88. The molecule has 0 aliphatic carbocycles. The standard InChI is InChI=1S/C15H26N2/c1-4-6-7-13(5-2)11-17-15-10-14(16)9-8-12(15)3/h8-10,13,17H,4-7,11,16H2,1-3H3. The average molecular weight is 234 g/mol. The molecule has 1 rings (SSSR count). The van der Waals surface area contributed by atoms with Gasteiger partial charge in [0, 0.05) is 17.9 Å². The van der Waals surface area contributed by atoms with Crippen molar-refractivity contribution in [2.24, 2.45) is 5.92 Å². The van der Waals surface area contributed by atoms with E-state index in [0.717, 1.165) is 18.2 Å². The number of hydrogen-bond donors (Lipinski definition) is 2. The highest BCUT2D eigenvalue weighted by Gasteiger charge is 2.06. The molecule has 2 nitrogen and oxygen atoms in total. The molecule has 1 aromatic carbocycles. The Bertz CT molecular complexity index is 334. The van der Waals surface area contributed by atoms with Gasteiger partial charge in [0.15, 0.2) is 0 Å². The Morgan fingerprint density at radius 3 is 2.71 bits per heavy atom. The molecule has 0 amide bonds. The summed E-state index contributed by atoms with van der Waals surface area (Å²) in [5.41, 5.74) is 9.09. The van der Waals surface area contributed by atoms with E-state index in [-0.39, 0.29) is 0 Å². The van der Waals surface area contributed by atoms with Crippen LogP contribution in [0.4, 0.5) is 11.4 Å². The summed E-state index contributed by atoms with van der Waals surface area (Å²) >= 11 is 0. The van der Waals surface area contributed by atoms with Crippen LogP contribution in [-0.4, -0.2) is 6.54 Å². The van der Waals surface area contributed by atoms with Gasteiger partial charge in [0.2, 0.25) is 0 Å². The van der Waals surface area contributed by atoms with E-state index in [1.807, 2.05) is 12.1 Å². The summed E-state index contributed by atoms with van der Waals surface area (Å²) in [5, 5.41) is 3.53. The van der Waals surface area contributed by atoms with Crippen LogP contribution in [-0.2, 0) is 0 Å². The average Bonchev–Trinajstić information content (AvgIpc) is 2.33. The van der Waals surface area contributed by atoms with Crippen LogP contribution < -0.4 is 11.1 Å². The number of hydrogen-bond acceptors (Lipinski definition) is 2. The van der Waals surface area contributed by atoms with Crippen molar-refractivity contribution >= 4 is 11.4 Å². The van der Waals surface area contributed by atoms with E-state index in [0.29, 0.717) is 0 Å². The van der Waals surface area contributed by atoms with Gasteiger partial charge in [0.05, 0.1) is 0 Å². The van der Waals surface area contributed by atoms with E-state index in [1.165, 1.54) is 36.9 Å². The predicted octanol–water partition coefficient (Wildman–Crippen LogP) is 4.21. The Morgan fingerprint density at radius 2 is 2.06 bits per heavy atom. The normalized spacial score (nSPS) is 12.4. The minimum absolute atomic E-state index is 0.774. The Labute approximate surface area is 106 Å². The summed E-state index contributed by atoms with van der Waals surface area (Å²) in [6.07, 6.45) is 5.18. The molecule has 0 saturated carbocycles. The second kappa shape index (κ2) is 7.21. The monoisotopic (exact) mass is 234 g/mol. The molecular weight excluding hydrogens is 208 g/mol. The fraction of sp³-hybridized carbons (Fsp3) is 0.600. The number of nitrogens with two attached hydrogens (primary N) is 1. The molecule has 1 atom stereocenters. The van der Waals surface area contributed by atoms with Crippen LogP contribution in [0.15, 0.2) is 18.2 Å². The van der Waals surface area contributed by atoms with Gasteiger partial charge in [-0.05, 0) is 37.0 Å². The molecule has 3 N–H and O–H groups in total. The molecule has 0 aromatic heterocycles. The maximum atomic E-state index is 5.81. The fourth-order valence-corrected chi connectivity index (χ4v) is 2.03. The summed E-state index contributed by atoms with van der Waals surface area (Å²) in [6.45, 7) is 7.70. The number of aryl methyl sites for hydroxylation is 1. The molecule has 0 fully saturated rings. The van der Waals surface area contributed by atoms with E-state index in [1.54, 1.807) is 0 Å². The van der Waals surface area contributed by atoms with Crippen molar-refractivity contribution in [1.29, 1.82) is 0 Å². The van der Waals surface area contributed by atoms with E-state index >= 15 is 0 Å². The third-order valence-corrected chi connectivity index (χ3v) is 3.39. The number of nitrogens with one attached hydrogen (secondary N) is 1. The maximum Gasteiger partial charge on any atom is 0.0390 e. The molecule has 1 unspecified atom stereocenters. The lowest BCUT2D eigenvalue weighted by molar-refractivity contribution is 0.473. The van der Waals surface area contributed by atoms with Crippen molar-refractivity contribution in [3.05, 3.63) is 23.8 Å². The molecule has 0 heterocycles. The number of benzene rings is 1. The number of anilines is 2. The van der Waals surface area contributed by atoms with Gasteiger partial charge in [-0.15, -0.1) is 0 Å². The van der Waals surface area contributed by atoms with Gasteiger partial charge in [-0.2, -0.15) is 0 Å². The van der Waals surface area contributed by atoms with E-state index in [2.05, 4.69) is 32.2 Å². The molecule has 2 heteroatoms. The van der Waals surface area contributed by atoms with Crippen LogP contribution in [0, 0.1) is 12.8 Å². The van der Waals surface area contributed by atoms with E-state index in [4.69, 9.17) is 5.73 Å². The SMILES string of the molecule is CCCCC(CC)CNc1cc(N)ccc1C. The van der Waals surface area contributed by atoms with Gasteiger partial charge in [0.25, 0.3) is 0 Å². The van der Waals surface area contributed by atoms with Crippen LogP contribution in [0.1, 0.15) is 45.1 Å². The molecule has 0 saturated heterocycles. The summed E-state index contributed by atoms with van der Waals surface area (Å²) in [7, 11) is 0. The Hall–Kier alpha value is -1.18. The molecule has 0 bridgehead atoms. The van der Waals surface area contributed by atoms with Crippen LogP contribution >= 0.6 is 0 Å². The molecule has 0 radical (unpaired) electrons. The highest BCUT2D eigenvalue weighted by Crippen LogP contribution is 2.20. The van der Waals surface area contributed by atoms with Crippen molar-refractivity contribution in [2.45, 2.75) is 46.5 Å². The minimum atomic E-state index is 0.774. The van der Waals surface area contributed by atoms with E-state index in [9.17, 15) is 0 Å². The minimum Gasteiger partial charge on any atom is -0.399 e. The fourth-order valence-electron chi connectivity index (χ4n) is 2.03. The highest BCUT2D eigenvalue weighted by molar-refractivity contribution is 5.59. The van der Waals surface area contributed by atoms with Crippen molar-refractivity contribution in [1.82, 2.24) is 0 Å². The molecule has 0 spiro atoms. The molecule has 96 valence electrons. The van der Waals surface area contributed by atoms with Crippen molar-refractivity contribution in [3.8, 4) is 0 Å². The Morgan fingerprint density at radius 1 is 1.29 bits per heavy atom. The zero-order valence-electron chi connectivity index (χ0n) is 11.4. The van der Waals surface area contributed by atoms with Crippen molar-refractivity contribution in [2.75, 3.05) is 17.6 Å². The molecule has 0 aliphatic rings. The van der Waals surface area contributed by atoms with Crippen molar-refractivity contribution in [3.63, 3.8) is 0 Å². The number of rotatable bonds is 7. The first-order valence-corrected chi connectivity index (χ1v) is 6.77. The number of nitrogen functional groups attached to an aromatic ring is 1. The molecule has 0 aliphatic heterocycles. The first-order chi connectivity index (χ1) is 8.17. The molecule has 17 heavy (non-hydrogen) atoms. The maximum absolute atomic E-state index is 5.81. The predicted molar refractivity (Wildman–Crippen MR) is 77.4 cm³/mol. The highest BCUT2D eigenvalue weighted by atomic mass is 14.9. The first-order valence-electron chi connectivity index (χ1n) is 6.77. The summed E-state index contributed by atoms with van der Waals surface area (Å²) in [5.74, 6) is 0.774. The van der Waals surface area contributed by atoms with Gasteiger partial charge < -0.3 is 11.1 Å². The van der Waals surface area contributed by atoms with Crippen LogP contribution in [0.25, 0.3) is 0 Å². The number of unbranched alkanes of at least 4 members (excludes halogenated alkanes) is 1. The van der Waals surface area contributed by atoms with Gasteiger partial charge >= 0.3 is 0 Å².